The zero-order chi connectivity index (χ0) is 15.3. The van der Waals surface area contributed by atoms with Gasteiger partial charge in [0, 0.05) is 13.1 Å². The van der Waals surface area contributed by atoms with Gasteiger partial charge in [0.05, 0.1) is 5.41 Å². The molecule has 2 aliphatic carbocycles. The van der Waals surface area contributed by atoms with Crippen LogP contribution in [0.3, 0.4) is 0 Å². The van der Waals surface area contributed by atoms with Crippen molar-refractivity contribution in [1.82, 2.24) is 5.32 Å². The highest BCUT2D eigenvalue weighted by Gasteiger charge is 2.39. The van der Waals surface area contributed by atoms with E-state index in [-0.39, 0.29) is 11.3 Å². The smallest absolute Gasteiger partial charge is 0.227 e. The van der Waals surface area contributed by atoms with Crippen LogP contribution in [0.4, 0.5) is 0 Å². The molecule has 1 amide bonds. The van der Waals surface area contributed by atoms with Crippen LogP contribution >= 0.6 is 0 Å². The molecule has 21 heavy (non-hydrogen) atoms. The van der Waals surface area contributed by atoms with Crippen molar-refractivity contribution in [2.24, 2.45) is 28.9 Å². The van der Waals surface area contributed by atoms with E-state index >= 15 is 0 Å². The Labute approximate surface area is 130 Å². The van der Waals surface area contributed by atoms with Crippen molar-refractivity contribution in [2.75, 3.05) is 13.1 Å². The van der Waals surface area contributed by atoms with Gasteiger partial charge in [0.2, 0.25) is 5.91 Å². The second-order valence-corrected chi connectivity index (χ2v) is 7.84. The minimum atomic E-state index is -0.270. The molecule has 3 heteroatoms. The molecule has 0 aromatic heterocycles. The highest BCUT2D eigenvalue weighted by molar-refractivity contribution is 5.83. The van der Waals surface area contributed by atoms with Crippen molar-refractivity contribution in [3.8, 4) is 0 Å². The lowest BCUT2D eigenvalue weighted by atomic mass is 9.70. The number of nitrogens with one attached hydrogen (secondary N) is 1. The van der Waals surface area contributed by atoms with Crippen molar-refractivity contribution in [1.29, 1.82) is 0 Å². The minimum absolute atomic E-state index is 0.223. The standard InChI is InChI=1S/C18H34N2O/c1-14-3-5-16(6-4-14)9-12-20-17(21)18(13-19)10-7-15(2)8-11-18/h14-16H,3-13,19H2,1-2H3,(H,20,21). The van der Waals surface area contributed by atoms with Gasteiger partial charge in [-0.25, -0.2) is 0 Å². The lowest BCUT2D eigenvalue weighted by Crippen LogP contribution is -2.48. The molecule has 2 rings (SSSR count). The number of nitrogens with two attached hydrogens (primary N) is 1. The summed E-state index contributed by atoms with van der Waals surface area (Å²) in [6.45, 7) is 5.98. The fourth-order valence-electron chi connectivity index (χ4n) is 4.03. The summed E-state index contributed by atoms with van der Waals surface area (Å²) in [5.74, 6) is 2.70. The van der Waals surface area contributed by atoms with Gasteiger partial charge in [-0.3, -0.25) is 4.79 Å². The Morgan fingerprint density at radius 1 is 1.05 bits per heavy atom. The predicted octanol–water partition coefficient (Wildman–Crippen LogP) is 3.47. The van der Waals surface area contributed by atoms with Crippen LogP contribution in [0, 0.1) is 23.2 Å². The fourth-order valence-corrected chi connectivity index (χ4v) is 4.03. The van der Waals surface area contributed by atoms with E-state index in [9.17, 15) is 4.79 Å². The quantitative estimate of drug-likeness (QED) is 0.815. The Balaban J connectivity index is 1.73. The SMILES string of the molecule is CC1CCC(CCNC(=O)C2(CN)CCC(C)CC2)CC1. The second kappa shape index (κ2) is 7.62. The Hall–Kier alpha value is -0.570. The first kappa shape index (κ1) is 16.8. The molecule has 0 atom stereocenters. The summed E-state index contributed by atoms with van der Waals surface area (Å²) in [4.78, 5) is 12.6. The van der Waals surface area contributed by atoms with E-state index in [1.165, 1.54) is 25.7 Å². The maximum absolute atomic E-state index is 12.6. The van der Waals surface area contributed by atoms with Crippen molar-refractivity contribution in [2.45, 2.75) is 71.6 Å². The number of hydrogen-bond acceptors (Lipinski definition) is 2. The molecule has 0 aromatic carbocycles. The normalized spacial score (nSPS) is 37.2. The van der Waals surface area contributed by atoms with Crippen LogP contribution in [-0.2, 0) is 4.79 Å². The molecule has 0 unspecified atom stereocenters. The highest BCUT2D eigenvalue weighted by Crippen LogP contribution is 2.38. The van der Waals surface area contributed by atoms with E-state index in [0.29, 0.717) is 6.54 Å². The topological polar surface area (TPSA) is 55.1 Å². The van der Waals surface area contributed by atoms with Crippen molar-refractivity contribution >= 4 is 5.91 Å². The average Bonchev–Trinajstić information content (AvgIpc) is 2.50. The molecule has 0 heterocycles. The van der Waals surface area contributed by atoms with Crippen LogP contribution in [0.2, 0.25) is 0 Å². The fraction of sp³-hybridized carbons (Fsp3) is 0.944. The third kappa shape index (κ3) is 4.45. The van der Waals surface area contributed by atoms with Gasteiger partial charge in [-0.2, -0.15) is 0 Å². The molecule has 0 radical (unpaired) electrons. The summed E-state index contributed by atoms with van der Waals surface area (Å²) in [6, 6.07) is 0. The summed E-state index contributed by atoms with van der Waals surface area (Å²) in [5, 5.41) is 3.20. The first-order valence-corrected chi connectivity index (χ1v) is 9.04. The van der Waals surface area contributed by atoms with Crippen LogP contribution in [0.25, 0.3) is 0 Å². The van der Waals surface area contributed by atoms with Crippen LogP contribution in [0.5, 0.6) is 0 Å². The van der Waals surface area contributed by atoms with Gasteiger partial charge >= 0.3 is 0 Å². The maximum Gasteiger partial charge on any atom is 0.227 e. The number of amides is 1. The maximum atomic E-state index is 12.6. The van der Waals surface area contributed by atoms with E-state index in [1.807, 2.05) is 0 Å². The molecule has 3 N–H and O–H groups in total. The molecule has 3 nitrogen and oxygen atoms in total. The molecule has 2 saturated carbocycles. The molecule has 0 aromatic rings. The van der Waals surface area contributed by atoms with Crippen molar-refractivity contribution in [3.05, 3.63) is 0 Å². The van der Waals surface area contributed by atoms with Crippen LogP contribution in [0.1, 0.15) is 71.6 Å². The van der Waals surface area contributed by atoms with E-state index in [2.05, 4.69) is 19.2 Å². The van der Waals surface area contributed by atoms with Crippen LogP contribution in [0.15, 0.2) is 0 Å². The number of hydrogen-bond donors (Lipinski definition) is 2. The predicted molar refractivity (Wildman–Crippen MR) is 87.9 cm³/mol. The molecule has 0 spiro atoms. The average molecular weight is 294 g/mol. The zero-order valence-corrected chi connectivity index (χ0v) is 14.0. The number of carbonyl (C=O) groups excluding carboxylic acids is 1. The van der Waals surface area contributed by atoms with Gasteiger partial charge < -0.3 is 11.1 Å². The molecule has 0 saturated heterocycles. The Kier molecular flexibility index (Phi) is 6.09. The lowest BCUT2D eigenvalue weighted by Gasteiger charge is -2.37. The largest absolute Gasteiger partial charge is 0.356 e. The zero-order valence-electron chi connectivity index (χ0n) is 14.0. The van der Waals surface area contributed by atoms with Gasteiger partial charge in [0.25, 0.3) is 0 Å². The van der Waals surface area contributed by atoms with E-state index in [0.717, 1.165) is 56.4 Å². The molecular weight excluding hydrogens is 260 g/mol. The third-order valence-corrected chi connectivity index (χ3v) is 6.08. The molecular formula is C18H34N2O. The molecule has 122 valence electrons. The summed E-state index contributed by atoms with van der Waals surface area (Å²) in [5.41, 5.74) is 5.68. The van der Waals surface area contributed by atoms with Crippen molar-refractivity contribution in [3.63, 3.8) is 0 Å². The third-order valence-electron chi connectivity index (χ3n) is 6.08. The van der Waals surface area contributed by atoms with Crippen LogP contribution < -0.4 is 11.1 Å². The van der Waals surface area contributed by atoms with Gasteiger partial charge in [-0.1, -0.05) is 39.5 Å². The van der Waals surface area contributed by atoms with Gasteiger partial charge in [0.1, 0.15) is 0 Å². The van der Waals surface area contributed by atoms with E-state index in [4.69, 9.17) is 5.73 Å². The highest BCUT2D eigenvalue weighted by atomic mass is 16.2. The molecule has 2 fully saturated rings. The Morgan fingerprint density at radius 2 is 1.62 bits per heavy atom. The molecule has 2 aliphatic rings. The van der Waals surface area contributed by atoms with Crippen LogP contribution in [-0.4, -0.2) is 19.0 Å². The van der Waals surface area contributed by atoms with Gasteiger partial charge in [-0.05, 0) is 49.9 Å². The van der Waals surface area contributed by atoms with Gasteiger partial charge in [0.15, 0.2) is 0 Å². The summed E-state index contributed by atoms with van der Waals surface area (Å²) in [6.07, 6.45) is 10.8. The lowest BCUT2D eigenvalue weighted by molar-refractivity contribution is -0.132. The van der Waals surface area contributed by atoms with Crippen molar-refractivity contribution < 1.29 is 4.79 Å². The number of carbonyl (C=O) groups is 1. The summed E-state index contributed by atoms with van der Waals surface area (Å²) >= 11 is 0. The minimum Gasteiger partial charge on any atom is -0.356 e. The second-order valence-electron chi connectivity index (χ2n) is 7.84. The Morgan fingerprint density at radius 3 is 2.19 bits per heavy atom. The molecule has 0 bridgehead atoms. The number of rotatable bonds is 5. The Bertz CT molecular complexity index is 326. The van der Waals surface area contributed by atoms with E-state index in [1.54, 1.807) is 0 Å². The molecule has 0 aliphatic heterocycles. The first-order chi connectivity index (χ1) is 10.1. The summed E-state index contributed by atoms with van der Waals surface area (Å²) in [7, 11) is 0. The van der Waals surface area contributed by atoms with E-state index < -0.39 is 0 Å². The first-order valence-electron chi connectivity index (χ1n) is 9.04. The monoisotopic (exact) mass is 294 g/mol. The van der Waals surface area contributed by atoms with Gasteiger partial charge in [-0.15, -0.1) is 0 Å². The summed E-state index contributed by atoms with van der Waals surface area (Å²) < 4.78 is 0.